The molecule has 2 heterocycles. The molecule has 0 atom stereocenters. The molecule has 2 saturated heterocycles. The number of nitrogens with one attached hydrogen (secondary N) is 1. The molecule has 0 unspecified atom stereocenters. The predicted octanol–water partition coefficient (Wildman–Crippen LogP) is 27.8. The first-order valence-corrected chi connectivity index (χ1v) is 61.8. The highest BCUT2D eigenvalue weighted by Crippen LogP contribution is 2.61. The zero-order valence-electron chi connectivity index (χ0n) is 84.3. The Balaban J connectivity index is 0.000000162. The van der Waals surface area contributed by atoms with Crippen molar-refractivity contribution in [2.75, 3.05) is 42.8 Å². The average molecular weight is 2200 g/mol. The van der Waals surface area contributed by atoms with E-state index in [0.29, 0.717) is 67.0 Å². The smallest absolute Gasteiger partial charge is 0.426 e. The third kappa shape index (κ3) is 35.1. The van der Waals surface area contributed by atoms with E-state index in [2.05, 4.69) is 261 Å². The number of carbonyl (C=O) groups excluding carboxylic acids is 5. The second-order valence-electron chi connectivity index (χ2n) is 39.5. The van der Waals surface area contributed by atoms with E-state index in [4.69, 9.17) is 13.8 Å². The van der Waals surface area contributed by atoms with Crippen LogP contribution in [0.15, 0.2) is 317 Å². The minimum atomic E-state index is -5.93. The molecular formula is C115H138F8NO16S8+3. The Hall–Kier alpha value is -8.87. The van der Waals surface area contributed by atoms with Gasteiger partial charge in [-0.25, -0.2) is 8.42 Å². The van der Waals surface area contributed by atoms with Crippen LogP contribution in [-0.4, -0.2) is 137 Å². The molecule has 7 saturated carbocycles. The van der Waals surface area contributed by atoms with Crippen LogP contribution in [0, 0.1) is 40.9 Å². The number of fused-ring (bicyclic) bond motifs is 1. The number of hydrogen-bond donors (Lipinski definition) is 3. The number of alkyl halides is 8. The van der Waals surface area contributed by atoms with E-state index in [1.165, 1.54) is 137 Å². The Bertz CT molecular complexity index is 5830. The normalized spacial score (nSPS) is 18.9. The van der Waals surface area contributed by atoms with E-state index < -0.39 is 93.9 Å². The first-order valence-electron chi connectivity index (χ1n) is 51.1. The summed E-state index contributed by atoms with van der Waals surface area (Å²) in [5, 5.41) is -9.64. The van der Waals surface area contributed by atoms with Crippen molar-refractivity contribution in [2.45, 2.75) is 284 Å². The first kappa shape index (κ1) is 119. The van der Waals surface area contributed by atoms with Gasteiger partial charge in [-0.2, -0.15) is 52.0 Å². The molecule has 3 N–H and O–H groups in total. The lowest BCUT2D eigenvalue weighted by molar-refractivity contribution is -0.176. The van der Waals surface area contributed by atoms with E-state index in [1.54, 1.807) is 28.9 Å². The van der Waals surface area contributed by atoms with Gasteiger partial charge in [0, 0.05) is 74.2 Å². The molecule has 10 aromatic carbocycles. The Morgan fingerprint density at radius 3 is 1.22 bits per heavy atom. The number of ketones is 3. The predicted molar refractivity (Wildman–Crippen MR) is 575 cm³/mol. The molecule has 19 rings (SSSR count). The topological polar surface area (TPSA) is 282 Å². The van der Waals surface area contributed by atoms with Crippen LogP contribution in [0.4, 0.5) is 35.1 Å². The van der Waals surface area contributed by atoms with Crippen LogP contribution in [0.5, 0.6) is 5.75 Å². The van der Waals surface area contributed by atoms with Gasteiger partial charge in [-0.15, -0.1) is 0 Å². The van der Waals surface area contributed by atoms with Gasteiger partial charge in [-0.3, -0.25) is 33.1 Å². The lowest BCUT2D eigenvalue weighted by Crippen LogP contribution is -2.51. The quantitative estimate of drug-likeness (QED) is 0.0120. The molecule has 9 aliphatic rings. The fraction of sp³-hybridized carbons (Fsp3) is 0.452. The van der Waals surface area contributed by atoms with Crippen LogP contribution >= 0.6 is 11.8 Å². The third-order valence-corrected chi connectivity index (χ3v) is 41.6. The summed E-state index contributed by atoms with van der Waals surface area (Å²) in [7, 11) is -16.5. The maximum absolute atomic E-state index is 13.1. The molecule has 0 spiro atoms. The maximum Gasteiger partial charge on any atom is 0.426 e. The van der Waals surface area contributed by atoms with E-state index in [0.717, 1.165) is 101 Å². The number of hydrogen-bond acceptors (Lipinski definition) is 15. The number of esters is 1. The molecule has 10 aromatic rings. The molecule has 7 aliphatic carbocycles. The minimum Gasteiger partial charge on any atom is -0.743 e. The number of ether oxygens (including phenoxy) is 2. The zero-order valence-corrected chi connectivity index (χ0v) is 90.8. The second kappa shape index (κ2) is 56.6. The molecule has 4 bridgehead atoms. The Labute approximate surface area is 884 Å². The van der Waals surface area contributed by atoms with Crippen molar-refractivity contribution in [3.05, 3.63) is 279 Å². The number of amides is 1. The van der Waals surface area contributed by atoms with Crippen LogP contribution in [0.2, 0.25) is 0 Å². The molecule has 1 amide bonds. The van der Waals surface area contributed by atoms with Crippen LogP contribution in [0.1, 0.15) is 224 Å². The van der Waals surface area contributed by atoms with Crippen LogP contribution in [0.25, 0.3) is 10.8 Å². The Kier molecular flexibility index (Phi) is 45.7. The monoisotopic (exact) mass is 2200 g/mol. The van der Waals surface area contributed by atoms with Crippen molar-refractivity contribution < 1.29 is 107 Å². The van der Waals surface area contributed by atoms with Crippen LogP contribution in [0.3, 0.4) is 0 Å². The summed E-state index contributed by atoms with van der Waals surface area (Å²) in [6, 6.07) is 96.2. The zero-order chi connectivity index (χ0) is 107. The van der Waals surface area contributed by atoms with Gasteiger partial charge in [-0.05, 0) is 255 Å². The summed E-state index contributed by atoms with van der Waals surface area (Å²) in [5.41, 5.74) is 0.135. The Morgan fingerprint density at radius 2 is 0.824 bits per heavy atom. The number of carbonyl (C=O) groups is 5. The fourth-order valence-corrected chi connectivity index (χ4v) is 31.4. The largest absolute Gasteiger partial charge is 0.743 e. The summed E-state index contributed by atoms with van der Waals surface area (Å²) < 4.78 is 201. The highest BCUT2D eigenvalue weighted by Gasteiger charge is 2.58. The van der Waals surface area contributed by atoms with E-state index in [9.17, 15) is 88.9 Å². The number of benzene rings is 10. The van der Waals surface area contributed by atoms with E-state index in [-0.39, 0.29) is 68.7 Å². The lowest BCUT2D eigenvalue weighted by Gasteiger charge is -2.55. The van der Waals surface area contributed by atoms with E-state index in [1.807, 2.05) is 30.3 Å². The maximum atomic E-state index is 13.1. The number of Topliss-reactive ketones (excluding diaryl/α,β-unsaturated/α-hetero) is 3. The standard InChI is InChI=1S/C21H27OS.C20H23OS2.2C18H15S.C13H18F2O5S.C10H16F2O4S.C10H16F2O.C5H9F2NO4S/c1-2-8-17(9-3-1)16-22-20-12-13-21(23-14-6-7-15-23)19-11-5-4-10-18(19)20;1-20(2,23-14-6-7-15-23)19(21)16-10-12-18(13-11-16)22-17-8-4-3-5-9-17;2*1-4-10-16(11-5-1)19(17-12-6-2-7-13-17)18-14-8-3-9-15-18;14-13(15,21(17,18)19)7-20-11(16)12-4-8-1-9(5-12)3-10(2-8)6-12;11-10(12,17(14,15)16)9(13)7-6-8-4-2-1-3-5-8;1-10(11,12)9(13)7-8-5-3-2-4-6-8;1-2-3-8-4(9)5(6,7)13(10,11)12/h4-5,10-13,17H,1-3,6-9,14-16H2;3-5,8-13H,6-7,14-15H2,1-2H3;2*1-15H;8-10H,1-7H2,(H,17,18,19);8H,1-7H2,(H,14,15,16);8H,2-7H2,1H3;2-3H2,1H3,(H,8,9)(H,10,11,12)/q4*+1;;;;/p-1. The molecular weight excluding hydrogens is 2060 g/mol. The summed E-state index contributed by atoms with van der Waals surface area (Å²) in [6.45, 7) is 5.72. The van der Waals surface area contributed by atoms with Gasteiger partial charge in [0.25, 0.3) is 0 Å². The molecule has 33 heteroatoms. The van der Waals surface area contributed by atoms with Gasteiger partial charge in [-0.1, -0.05) is 260 Å². The molecule has 0 aromatic heterocycles. The highest BCUT2D eigenvalue weighted by molar-refractivity contribution is 8.00. The summed E-state index contributed by atoms with van der Waals surface area (Å²) in [4.78, 5) is 69.8. The second-order valence-corrected chi connectivity index (χ2v) is 54.2. The van der Waals surface area contributed by atoms with E-state index >= 15 is 0 Å². The van der Waals surface area contributed by atoms with Crippen LogP contribution < -0.4 is 10.1 Å². The fourth-order valence-electron chi connectivity index (χ4n) is 20.3. The summed E-state index contributed by atoms with van der Waals surface area (Å²) >= 11 is 1.73. The summed E-state index contributed by atoms with van der Waals surface area (Å²) in [6.07, 6.45) is 27.9. The highest BCUT2D eigenvalue weighted by atomic mass is 32.2. The SMILES string of the molecule is CC(C)(C(=O)c1ccc(Sc2ccccc2)cc1)[S+]1CCCC1.CC(F)(F)C(=O)CC1CCCCC1.CCCNC(=O)C(F)(F)S(=O)(=O)[O-].O=C(CCC1CCCCC1)C(F)(F)S(=O)(=O)O.O=C(OCC(F)(F)S(=O)(=O)O)C12CC3CC(CC(C3)C1)C2.c1ccc([S+](c2ccccc2)c2ccccc2)cc1.c1ccc([S+](c2ccccc2)c2ccccc2)cc1.c1ccc2c([S+]3CCCC3)ccc(OCC3CCCCC3)c2c1. The van der Waals surface area contributed by atoms with Gasteiger partial charge < -0.3 is 19.3 Å². The molecule has 800 valence electrons. The van der Waals surface area contributed by atoms with Crippen molar-refractivity contribution in [3.63, 3.8) is 0 Å². The molecule has 2 aliphatic heterocycles. The summed E-state index contributed by atoms with van der Waals surface area (Å²) in [5.74, 6) is 0.603. The first-order chi connectivity index (χ1) is 70.5. The van der Waals surface area contributed by atoms with Crippen molar-refractivity contribution in [1.82, 2.24) is 5.32 Å². The number of halogens is 8. The average Bonchev–Trinajstić information content (AvgIpc) is 0.870. The molecule has 17 nitrogen and oxygen atoms in total. The molecule has 9 fully saturated rings. The van der Waals surface area contributed by atoms with Crippen molar-refractivity contribution >= 4 is 126 Å². The molecule has 148 heavy (non-hydrogen) atoms. The van der Waals surface area contributed by atoms with Gasteiger partial charge in [0.2, 0.25) is 17.3 Å². The van der Waals surface area contributed by atoms with Gasteiger partial charge >= 0.3 is 53.8 Å². The van der Waals surface area contributed by atoms with Gasteiger partial charge in [0.15, 0.2) is 55.7 Å². The van der Waals surface area contributed by atoms with Crippen LogP contribution in [-0.2, 0) is 97.8 Å². The van der Waals surface area contributed by atoms with Crippen molar-refractivity contribution in [3.8, 4) is 5.75 Å². The van der Waals surface area contributed by atoms with Crippen molar-refractivity contribution in [1.29, 1.82) is 0 Å². The van der Waals surface area contributed by atoms with Gasteiger partial charge in [0.05, 0.1) is 33.8 Å². The lowest BCUT2D eigenvalue weighted by atomic mass is 9.49. The third-order valence-electron chi connectivity index (χ3n) is 27.8. The minimum absolute atomic E-state index is 0.0146. The Morgan fingerprint density at radius 1 is 0.446 bits per heavy atom. The number of rotatable bonds is 31. The molecule has 0 radical (unpaired) electrons. The van der Waals surface area contributed by atoms with Crippen molar-refractivity contribution in [2.24, 2.45) is 40.9 Å². The van der Waals surface area contributed by atoms with Gasteiger partial charge in [0.1, 0.15) is 28.8 Å².